The van der Waals surface area contributed by atoms with Crippen molar-refractivity contribution in [2.75, 3.05) is 19.8 Å². The Bertz CT molecular complexity index is 376. The summed E-state index contributed by atoms with van der Waals surface area (Å²) in [5, 5.41) is 28.6. The fourth-order valence-corrected chi connectivity index (χ4v) is 3.95. The third-order valence-corrected chi connectivity index (χ3v) is 5.87. The van der Waals surface area contributed by atoms with Crippen molar-refractivity contribution in [3.8, 4) is 0 Å². The van der Waals surface area contributed by atoms with Crippen LogP contribution in [0.5, 0.6) is 0 Å². The molecule has 3 N–H and O–H groups in total. The van der Waals surface area contributed by atoms with Crippen LogP contribution in [0.2, 0.25) is 0 Å². The molecule has 0 aromatic carbocycles. The normalized spacial score (nSPS) is 22.8. The van der Waals surface area contributed by atoms with Gasteiger partial charge >= 0.3 is 0 Å². The summed E-state index contributed by atoms with van der Waals surface area (Å²) in [6.45, 7) is 4.24. The van der Waals surface area contributed by atoms with Crippen molar-refractivity contribution in [1.82, 2.24) is 0 Å². The van der Waals surface area contributed by atoms with Gasteiger partial charge in [-0.05, 0) is 19.3 Å². The number of aliphatic hydroxyl groups excluding tert-OH is 3. The van der Waals surface area contributed by atoms with Crippen LogP contribution in [-0.4, -0.2) is 59.6 Å². The van der Waals surface area contributed by atoms with Crippen molar-refractivity contribution in [2.45, 2.75) is 121 Å². The molecule has 5 heteroatoms. The minimum Gasteiger partial charge on any atom is -0.394 e. The lowest BCUT2D eigenvalue weighted by atomic mass is 10.0. The van der Waals surface area contributed by atoms with Crippen molar-refractivity contribution < 1.29 is 24.8 Å². The van der Waals surface area contributed by atoms with Gasteiger partial charge in [-0.1, -0.05) is 83.1 Å². The second kappa shape index (κ2) is 18.3. The summed E-state index contributed by atoms with van der Waals surface area (Å²) < 4.78 is 11.0. The highest BCUT2D eigenvalue weighted by Crippen LogP contribution is 2.20. The Morgan fingerprint density at radius 3 is 1.83 bits per heavy atom. The predicted octanol–water partition coefficient (Wildman–Crippen LogP) is 4.52. The highest BCUT2D eigenvalue weighted by atomic mass is 16.6. The quantitative estimate of drug-likeness (QED) is 0.202. The minimum absolute atomic E-state index is 0.276. The van der Waals surface area contributed by atoms with Gasteiger partial charge in [0, 0.05) is 6.61 Å². The van der Waals surface area contributed by atoms with Gasteiger partial charge < -0.3 is 24.8 Å². The zero-order chi connectivity index (χ0) is 21.2. The molecule has 0 aliphatic carbocycles. The number of hydrogen-bond donors (Lipinski definition) is 3. The maximum atomic E-state index is 10.1. The van der Waals surface area contributed by atoms with Gasteiger partial charge in [0.05, 0.1) is 13.2 Å². The Balaban J connectivity index is 1.79. The average molecular weight is 415 g/mol. The molecule has 0 aromatic heterocycles. The topological polar surface area (TPSA) is 79.2 Å². The van der Waals surface area contributed by atoms with E-state index in [0.717, 1.165) is 12.8 Å². The molecular weight excluding hydrogens is 368 g/mol. The highest BCUT2D eigenvalue weighted by molar-refractivity contribution is 4.88. The molecule has 0 bridgehead atoms. The molecule has 1 saturated heterocycles. The van der Waals surface area contributed by atoms with Crippen LogP contribution in [0, 0.1) is 0 Å². The molecule has 5 nitrogen and oxygen atoms in total. The number of unbranched alkanes of at least 4 members (excludes halogenated alkanes) is 14. The lowest BCUT2D eigenvalue weighted by Crippen LogP contribution is -2.41. The molecule has 0 radical (unpaired) electrons. The van der Waals surface area contributed by atoms with Gasteiger partial charge in [0.25, 0.3) is 0 Å². The van der Waals surface area contributed by atoms with Crippen LogP contribution >= 0.6 is 0 Å². The van der Waals surface area contributed by atoms with Crippen molar-refractivity contribution in [3.05, 3.63) is 12.7 Å². The van der Waals surface area contributed by atoms with Crippen LogP contribution in [0.1, 0.15) is 96.3 Å². The summed E-state index contributed by atoms with van der Waals surface area (Å²) in [5.74, 6) is 0. The summed E-state index contributed by atoms with van der Waals surface area (Å²) in [4.78, 5) is 0. The highest BCUT2D eigenvalue weighted by Gasteiger charge is 2.40. The first-order chi connectivity index (χ1) is 14.2. The average Bonchev–Trinajstić information content (AvgIpc) is 3.10. The zero-order valence-electron chi connectivity index (χ0n) is 18.5. The maximum Gasteiger partial charge on any atom is 0.114 e. The molecule has 1 aliphatic heterocycles. The second-order valence-corrected chi connectivity index (χ2v) is 8.47. The van der Waals surface area contributed by atoms with Crippen molar-refractivity contribution >= 4 is 0 Å². The minimum atomic E-state index is -1.05. The Morgan fingerprint density at radius 1 is 0.862 bits per heavy atom. The van der Waals surface area contributed by atoms with Crippen LogP contribution < -0.4 is 0 Å². The molecule has 1 fully saturated rings. The van der Waals surface area contributed by atoms with E-state index in [1.807, 2.05) is 6.08 Å². The van der Waals surface area contributed by atoms with Crippen LogP contribution in [0.4, 0.5) is 0 Å². The lowest BCUT2D eigenvalue weighted by Gasteiger charge is -2.20. The summed E-state index contributed by atoms with van der Waals surface area (Å²) in [7, 11) is 0. The molecule has 0 unspecified atom stereocenters. The van der Waals surface area contributed by atoms with Crippen LogP contribution in [0.25, 0.3) is 0 Å². The van der Waals surface area contributed by atoms with E-state index in [2.05, 4.69) is 6.58 Å². The molecule has 1 rings (SSSR count). The maximum absolute atomic E-state index is 10.1. The Morgan fingerprint density at radius 2 is 1.34 bits per heavy atom. The smallest absolute Gasteiger partial charge is 0.114 e. The first kappa shape index (κ1) is 26.6. The monoisotopic (exact) mass is 414 g/mol. The van der Waals surface area contributed by atoms with E-state index in [9.17, 15) is 10.2 Å². The van der Waals surface area contributed by atoms with Gasteiger partial charge in [0.1, 0.15) is 24.4 Å². The van der Waals surface area contributed by atoms with E-state index in [-0.39, 0.29) is 6.61 Å². The van der Waals surface area contributed by atoms with E-state index in [0.29, 0.717) is 6.61 Å². The van der Waals surface area contributed by atoms with Gasteiger partial charge in [0.15, 0.2) is 0 Å². The summed E-state index contributed by atoms with van der Waals surface area (Å²) in [6.07, 6.45) is 18.5. The third-order valence-electron chi connectivity index (χ3n) is 5.87. The van der Waals surface area contributed by atoms with E-state index in [4.69, 9.17) is 14.6 Å². The molecule has 1 aliphatic rings. The number of rotatable bonds is 20. The van der Waals surface area contributed by atoms with Gasteiger partial charge in [0.2, 0.25) is 0 Å². The van der Waals surface area contributed by atoms with E-state index in [1.54, 1.807) is 0 Å². The van der Waals surface area contributed by atoms with Gasteiger partial charge in [-0.2, -0.15) is 0 Å². The fraction of sp³-hybridized carbons (Fsp3) is 0.917. The van der Waals surface area contributed by atoms with Gasteiger partial charge in [-0.15, -0.1) is 6.58 Å². The first-order valence-electron chi connectivity index (χ1n) is 12.0. The standard InChI is InChI=1S/C24H46O5/c1-2-3-4-5-6-7-8-9-10-11-12-13-14-15-16-17-18-28-22-20-29-24(23(22)27)21(26)19-25/h2,21-27H,1,3-20H2/t21-,22+,23-,24-/m1/s1. The molecule has 0 saturated carbocycles. The molecule has 29 heavy (non-hydrogen) atoms. The van der Waals surface area contributed by atoms with E-state index >= 15 is 0 Å². The van der Waals surface area contributed by atoms with Crippen molar-refractivity contribution in [3.63, 3.8) is 0 Å². The molecular formula is C24H46O5. The first-order valence-corrected chi connectivity index (χ1v) is 12.0. The van der Waals surface area contributed by atoms with E-state index in [1.165, 1.54) is 83.5 Å². The number of ether oxygens (including phenoxy) is 2. The molecule has 172 valence electrons. The Hall–Kier alpha value is -0.460. The third kappa shape index (κ3) is 12.7. The summed E-state index contributed by atoms with van der Waals surface area (Å²) >= 11 is 0. The van der Waals surface area contributed by atoms with Crippen LogP contribution in [0.3, 0.4) is 0 Å². The fourth-order valence-electron chi connectivity index (χ4n) is 3.95. The number of allylic oxidation sites excluding steroid dienone is 1. The number of hydrogen-bond acceptors (Lipinski definition) is 5. The Kier molecular flexibility index (Phi) is 16.8. The molecule has 1 heterocycles. The number of aliphatic hydroxyl groups is 3. The van der Waals surface area contributed by atoms with E-state index < -0.39 is 31.0 Å². The zero-order valence-corrected chi connectivity index (χ0v) is 18.5. The SMILES string of the molecule is C=CCCCCCCCCCCCCCCCCO[C@H]1CO[C@H]([C@H](O)CO)[C@@H]1O. The van der Waals surface area contributed by atoms with Gasteiger partial charge in [-0.3, -0.25) is 0 Å². The van der Waals surface area contributed by atoms with Crippen LogP contribution in [-0.2, 0) is 9.47 Å². The molecule has 4 atom stereocenters. The molecule has 0 spiro atoms. The lowest BCUT2D eigenvalue weighted by molar-refractivity contribution is -0.0730. The van der Waals surface area contributed by atoms with Crippen LogP contribution in [0.15, 0.2) is 12.7 Å². The summed E-state index contributed by atoms with van der Waals surface area (Å²) in [5.41, 5.74) is 0. The molecule has 0 amide bonds. The Labute approximate surface area is 178 Å². The largest absolute Gasteiger partial charge is 0.394 e. The molecule has 0 aromatic rings. The summed E-state index contributed by atoms with van der Waals surface area (Å²) in [6, 6.07) is 0. The predicted molar refractivity (Wildman–Crippen MR) is 118 cm³/mol. The second-order valence-electron chi connectivity index (χ2n) is 8.47. The van der Waals surface area contributed by atoms with Crippen molar-refractivity contribution in [1.29, 1.82) is 0 Å². The van der Waals surface area contributed by atoms with Gasteiger partial charge in [-0.25, -0.2) is 0 Å². The van der Waals surface area contributed by atoms with Crippen molar-refractivity contribution in [2.24, 2.45) is 0 Å².